The normalized spacial score (nSPS) is 10.3. The molecule has 3 heterocycles. The highest BCUT2D eigenvalue weighted by Crippen LogP contribution is 2.29. The van der Waals surface area contributed by atoms with Crippen LogP contribution in [0.4, 0.5) is 11.6 Å². The summed E-state index contributed by atoms with van der Waals surface area (Å²) in [6, 6.07) is 9.43. The molecule has 7 nitrogen and oxygen atoms in total. The zero-order chi connectivity index (χ0) is 22.8. The Bertz CT molecular complexity index is 1010. The number of hydrogen-bond acceptors (Lipinski definition) is 8. The van der Waals surface area contributed by atoms with E-state index in [2.05, 4.69) is 34.1 Å². The molecule has 0 aliphatic heterocycles. The van der Waals surface area contributed by atoms with Crippen molar-refractivity contribution in [1.82, 2.24) is 15.0 Å². The fourth-order valence-corrected chi connectivity index (χ4v) is 3.37. The Balaban J connectivity index is 0.000000785. The molecule has 0 spiro atoms. The van der Waals surface area contributed by atoms with Crippen molar-refractivity contribution in [1.29, 1.82) is 0 Å². The van der Waals surface area contributed by atoms with Crippen molar-refractivity contribution in [2.24, 2.45) is 0 Å². The second kappa shape index (κ2) is 11.9. The molecule has 3 aromatic rings. The van der Waals surface area contributed by atoms with E-state index in [4.69, 9.17) is 4.74 Å². The Morgan fingerprint density at radius 3 is 2.52 bits per heavy atom. The van der Waals surface area contributed by atoms with Crippen molar-refractivity contribution in [3.05, 3.63) is 53.3 Å². The van der Waals surface area contributed by atoms with E-state index in [1.165, 1.54) is 13.8 Å². The van der Waals surface area contributed by atoms with Gasteiger partial charge in [-0.1, -0.05) is 19.9 Å². The molecular formula is C23H28N4O3S. The number of Topliss-reactive ketones (excluding diaryl/α,β-unsaturated/α-hetero) is 1. The molecular weight excluding hydrogens is 412 g/mol. The van der Waals surface area contributed by atoms with Gasteiger partial charge in [0.2, 0.25) is 0 Å². The van der Waals surface area contributed by atoms with Gasteiger partial charge in [-0.3, -0.25) is 4.79 Å². The molecule has 3 rings (SSSR count). The van der Waals surface area contributed by atoms with E-state index in [1.54, 1.807) is 30.5 Å². The molecule has 0 amide bonds. The maximum absolute atomic E-state index is 11.7. The number of ether oxygens (including phenoxy) is 1. The van der Waals surface area contributed by atoms with Gasteiger partial charge in [-0.05, 0) is 50.6 Å². The topological polar surface area (TPSA) is 94.1 Å². The Kier molecular flexibility index (Phi) is 9.27. The number of esters is 1. The second-order valence-electron chi connectivity index (χ2n) is 7.19. The average Bonchev–Trinajstić information content (AvgIpc) is 3.19. The summed E-state index contributed by atoms with van der Waals surface area (Å²) in [4.78, 5) is 35.6. The van der Waals surface area contributed by atoms with Crippen molar-refractivity contribution < 1.29 is 14.3 Å². The van der Waals surface area contributed by atoms with Gasteiger partial charge in [0.1, 0.15) is 17.4 Å². The lowest BCUT2D eigenvalue weighted by molar-refractivity contribution is -0.142. The highest BCUT2D eigenvalue weighted by atomic mass is 32.1. The van der Waals surface area contributed by atoms with Gasteiger partial charge >= 0.3 is 5.97 Å². The number of nitrogens with one attached hydrogen (secondary N) is 1. The minimum Gasteiger partial charge on any atom is -0.466 e. The number of carbonyl (C=O) groups excluding carboxylic acids is 2. The van der Waals surface area contributed by atoms with Crippen molar-refractivity contribution in [3.8, 4) is 10.6 Å². The molecule has 0 saturated heterocycles. The summed E-state index contributed by atoms with van der Waals surface area (Å²) >= 11 is 1.65. The zero-order valence-electron chi connectivity index (χ0n) is 18.5. The average molecular weight is 441 g/mol. The van der Waals surface area contributed by atoms with Crippen LogP contribution in [0.1, 0.15) is 51.1 Å². The maximum Gasteiger partial charge on any atom is 0.310 e. The Hall–Kier alpha value is -3.13. The number of pyridine rings is 2. The van der Waals surface area contributed by atoms with Crippen LogP contribution in [0.5, 0.6) is 0 Å². The summed E-state index contributed by atoms with van der Waals surface area (Å²) in [5.74, 6) is 1.64. The summed E-state index contributed by atoms with van der Waals surface area (Å²) in [7, 11) is 0. The monoisotopic (exact) mass is 440 g/mol. The highest BCUT2D eigenvalue weighted by molar-refractivity contribution is 7.15. The van der Waals surface area contributed by atoms with Crippen LogP contribution in [-0.4, -0.2) is 33.3 Å². The van der Waals surface area contributed by atoms with E-state index < -0.39 is 0 Å². The molecule has 8 heteroatoms. The van der Waals surface area contributed by atoms with Gasteiger partial charge in [0.25, 0.3) is 0 Å². The number of nitrogens with zero attached hydrogens (tertiary/aromatic N) is 3. The SMILES string of the molecule is CC(C)=O.CCOC(=O)Cc1ccnc(Nc2cccc(-c3cnc(C(C)C)s3)n2)c1. The number of ketones is 1. The fourth-order valence-electron chi connectivity index (χ4n) is 2.48. The van der Waals surface area contributed by atoms with Crippen LogP contribution in [-0.2, 0) is 20.7 Å². The van der Waals surface area contributed by atoms with Crippen LogP contribution in [0.3, 0.4) is 0 Å². The Morgan fingerprint density at radius 1 is 1.13 bits per heavy atom. The molecule has 0 unspecified atom stereocenters. The lowest BCUT2D eigenvalue weighted by Crippen LogP contribution is -2.08. The first-order chi connectivity index (χ1) is 14.8. The van der Waals surface area contributed by atoms with Gasteiger partial charge in [-0.15, -0.1) is 11.3 Å². The van der Waals surface area contributed by atoms with Crippen LogP contribution in [0.2, 0.25) is 0 Å². The van der Waals surface area contributed by atoms with E-state index in [-0.39, 0.29) is 18.2 Å². The summed E-state index contributed by atoms with van der Waals surface area (Å²) in [5, 5.41) is 4.29. The van der Waals surface area contributed by atoms with Gasteiger partial charge < -0.3 is 14.8 Å². The van der Waals surface area contributed by atoms with E-state index >= 15 is 0 Å². The summed E-state index contributed by atoms with van der Waals surface area (Å²) in [5.41, 5.74) is 1.71. The molecule has 164 valence electrons. The highest BCUT2D eigenvalue weighted by Gasteiger charge is 2.10. The lowest BCUT2D eigenvalue weighted by Gasteiger charge is -2.08. The minimum absolute atomic E-state index is 0.167. The van der Waals surface area contributed by atoms with E-state index in [9.17, 15) is 9.59 Å². The molecule has 31 heavy (non-hydrogen) atoms. The quantitative estimate of drug-likeness (QED) is 0.507. The van der Waals surface area contributed by atoms with Gasteiger partial charge in [0, 0.05) is 18.3 Å². The maximum atomic E-state index is 11.7. The van der Waals surface area contributed by atoms with Crippen molar-refractivity contribution >= 4 is 34.7 Å². The third-order valence-corrected chi connectivity index (χ3v) is 5.07. The first kappa shape index (κ1) is 24.1. The minimum atomic E-state index is -0.249. The van der Waals surface area contributed by atoms with Gasteiger partial charge in [0.15, 0.2) is 0 Å². The molecule has 3 aromatic heterocycles. The molecule has 0 saturated carbocycles. The summed E-state index contributed by atoms with van der Waals surface area (Å²) < 4.78 is 4.99. The lowest BCUT2D eigenvalue weighted by atomic mass is 10.2. The van der Waals surface area contributed by atoms with Gasteiger partial charge in [-0.2, -0.15) is 0 Å². The number of carbonyl (C=O) groups is 2. The standard InChI is InChI=1S/C20H22N4O2S.C3H6O/c1-4-26-19(25)11-14-8-9-21-18(10-14)24-17-7-5-6-15(23-17)16-12-22-20(27-16)13(2)3;1-3(2)4/h5-10,12-13H,4,11H2,1-3H3,(H,21,23,24);1-2H3. The Labute approximate surface area is 186 Å². The van der Waals surface area contributed by atoms with Gasteiger partial charge in [-0.25, -0.2) is 15.0 Å². The summed E-state index contributed by atoms with van der Waals surface area (Å²) in [6.07, 6.45) is 3.75. The van der Waals surface area contributed by atoms with Crippen molar-refractivity contribution in [2.45, 2.75) is 47.0 Å². The van der Waals surface area contributed by atoms with E-state index in [0.717, 1.165) is 21.1 Å². The molecule has 0 bridgehead atoms. The number of anilines is 2. The van der Waals surface area contributed by atoms with Gasteiger partial charge in [0.05, 0.1) is 28.6 Å². The predicted octanol–water partition coefficient (Wildman–Crippen LogP) is 5.17. The molecule has 0 aromatic carbocycles. The van der Waals surface area contributed by atoms with Crippen LogP contribution >= 0.6 is 11.3 Å². The van der Waals surface area contributed by atoms with Crippen LogP contribution in [0.15, 0.2) is 42.7 Å². The number of hydrogen-bond donors (Lipinski definition) is 1. The largest absolute Gasteiger partial charge is 0.466 e. The van der Waals surface area contributed by atoms with E-state index in [0.29, 0.717) is 24.2 Å². The zero-order valence-corrected chi connectivity index (χ0v) is 19.3. The predicted molar refractivity (Wildman–Crippen MR) is 124 cm³/mol. The molecule has 0 fully saturated rings. The van der Waals surface area contributed by atoms with Crippen molar-refractivity contribution in [3.63, 3.8) is 0 Å². The smallest absolute Gasteiger partial charge is 0.310 e. The third kappa shape index (κ3) is 8.25. The first-order valence-corrected chi connectivity index (χ1v) is 10.9. The van der Waals surface area contributed by atoms with Crippen LogP contribution in [0.25, 0.3) is 10.6 Å². The summed E-state index contributed by atoms with van der Waals surface area (Å²) in [6.45, 7) is 9.48. The fraction of sp³-hybridized carbons (Fsp3) is 0.348. The Morgan fingerprint density at radius 2 is 1.87 bits per heavy atom. The number of aromatic nitrogens is 3. The van der Waals surface area contributed by atoms with Crippen LogP contribution in [0, 0.1) is 0 Å². The number of rotatable bonds is 7. The molecule has 0 radical (unpaired) electrons. The third-order valence-electron chi connectivity index (χ3n) is 3.75. The second-order valence-corrected chi connectivity index (χ2v) is 8.25. The number of thiazole rings is 1. The molecule has 0 atom stereocenters. The van der Waals surface area contributed by atoms with E-state index in [1.807, 2.05) is 30.5 Å². The van der Waals surface area contributed by atoms with Crippen LogP contribution < -0.4 is 5.32 Å². The molecule has 0 aliphatic carbocycles. The molecule has 0 aliphatic rings. The van der Waals surface area contributed by atoms with Crippen molar-refractivity contribution in [2.75, 3.05) is 11.9 Å². The molecule has 1 N–H and O–H groups in total. The first-order valence-electron chi connectivity index (χ1n) is 10.1.